The van der Waals surface area contributed by atoms with E-state index in [9.17, 15) is 13.2 Å². The summed E-state index contributed by atoms with van der Waals surface area (Å²) in [5.74, 6) is -0.209. The van der Waals surface area contributed by atoms with Crippen LogP contribution < -0.4 is 0 Å². The van der Waals surface area contributed by atoms with Crippen molar-refractivity contribution in [2.24, 2.45) is 5.41 Å². The minimum atomic E-state index is -3.83. The number of halogens is 1. The Balaban J connectivity index is 3.16. The lowest BCUT2D eigenvalue weighted by atomic mass is 9.96. The first-order chi connectivity index (χ1) is 8.92. The van der Waals surface area contributed by atoms with E-state index in [0.717, 1.165) is 5.56 Å². The van der Waals surface area contributed by atoms with Crippen LogP contribution in [0.15, 0.2) is 23.1 Å². The van der Waals surface area contributed by atoms with Gasteiger partial charge >= 0.3 is 0 Å². The largest absolute Gasteiger partial charge is 0.341 e. The summed E-state index contributed by atoms with van der Waals surface area (Å²) in [6, 6.07) is 4.32. The second kappa shape index (κ2) is 5.74. The molecule has 0 fully saturated rings. The van der Waals surface area contributed by atoms with Crippen molar-refractivity contribution >= 4 is 25.6 Å². The first kappa shape index (κ1) is 17.0. The Hall–Kier alpha value is -1.07. The van der Waals surface area contributed by atoms with Crippen LogP contribution >= 0.6 is 10.7 Å². The van der Waals surface area contributed by atoms with Gasteiger partial charge in [0.1, 0.15) is 0 Å². The van der Waals surface area contributed by atoms with Gasteiger partial charge in [0.05, 0.1) is 4.90 Å². The van der Waals surface area contributed by atoms with Gasteiger partial charge in [-0.25, -0.2) is 8.42 Å². The fourth-order valence-corrected chi connectivity index (χ4v) is 2.75. The zero-order valence-electron chi connectivity index (χ0n) is 12.4. The van der Waals surface area contributed by atoms with E-state index in [1.165, 1.54) is 12.1 Å². The standard InChI is InChI=1S/C14H20ClNO3S/c1-10-6-7-11(20(15,18)19)8-12(10)13(17)16(5)9-14(2,3)4/h6-8H,9H2,1-5H3. The van der Waals surface area contributed by atoms with E-state index in [4.69, 9.17) is 10.7 Å². The Morgan fingerprint density at radius 1 is 1.30 bits per heavy atom. The minimum Gasteiger partial charge on any atom is -0.341 e. The number of benzene rings is 1. The van der Waals surface area contributed by atoms with Crippen LogP contribution in [0.5, 0.6) is 0 Å². The Bertz CT molecular complexity index is 618. The first-order valence-corrected chi connectivity index (χ1v) is 8.53. The number of aryl methyl sites for hydroxylation is 1. The predicted octanol–water partition coefficient (Wildman–Crippen LogP) is 3.04. The van der Waals surface area contributed by atoms with Crippen molar-refractivity contribution in [3.05, 3.63) is 29.3 Å². The molecule has 0 atom stereocenters. The van der Waals surface area contributed by atoms with Gasteiger partial charge in [-0.05, 0) is 30.0 Å². The van der Waals surface area contributed by atoms with Crippen molar-refractivity contribution in [2.45, 2.75) is 32.6 Å². The minimum absolute atomic E-state index is 0.0332. The molecule has 1 amide bonds. The lowest BCUT2D eigenvalue weighted by Gasteiger charge is -2.27. The molecule has 20 heavy (non-hydrogen) atoms. The molecule has 0 aliphatic heterocycles. The number of nitrogens with zero attached hydrogens (tertiary/aromatic N) is 1. The van der Waals surface area contributed by atoms with Gasteiger partial charge in [-0.15, -0.1) is 0 Å². The predicted molar refractivity (Wildman–Crippen MR) is 80.6 cm³/mol. The highest BCUT2D eigenvalue weighted by Crippen LogP contribution is 2.21. The number of hydrogen-bond donors (Lipinski definition) is 0. The maximum Gasteiger partial charge on any atom is 0.261 e. The second-order valence-corrected chi connectivity index (χ2v) is 8.70. The third kappa shape index (κ3) is 4.49. The molecule has 1 aromatic carbocycles. The fraction of sp³-hybridized carbons (Fsp3) is 0.500. The molecule has 0 heterocycles. The second-order valence-electron chi connectivity index (χ2n) is 6.14. The van der Waals surface area contributed by atoms with Gasteiger partial charge in [-0.1, -0.05) is 26.8 Å². The highest BCUT2D eigenvalue weighted by atomic mass is 35.7. The van der Waals surface area contributed by atoms with Gasteiger partial charge in [-0.3, -0.25) is 4.79 Å². The zero-order valence-corrected chi connectivity index (χ0v) is 14.0. The summed E-state index contributed by atoms with van der Waals surface area (Å²) in [5.41, 5.74) is 1.05. The molecule has 1 aromatic rings. The number of rotatable bonds is 3. The molecule has 112 valence electrons. The van der Waals surface area contributed by atoms with E-state index in [1.807, 2.05) is 20.8 Å². The van der Waals surface area contributed by atoms with Gasteiger partial charge < -0.3 is 4.90 Å². The Morgan fingerprint density at radius 3 is 2.30 bits per heavy atom. The van der Waals surface area contributed by atoms with Crippen LogP contribution in [0.3, 0.4) is 0 Å². The van der Waals surface area contributed by atoms with Crippen molar-refractivity contribution in [1.82, 2.24) is 4.90 Å². The molecule has 0 saturated heterocycles. The van der Waals surface area contributed by atoms with Crippen LogP contribution in [-0.4, -0.2) is 32.8 Å². The van der Waals surface area contributed by atoms with Crippen LogP contribution in [0.4, 0.5) is 0 Å². The zero-order chi connectivity index (χ0) is 15.7. The quantitative estimate of drug-likeness (QED) is 0.805. The van der Waals surface area contributed by atoms with Crippen LogP contribution in [-0.2, 0) is 9.05 Å². The molecule has 0 unspecified atom stereocenters. The summed E-state index contributed by atoms with van der Waals surface area (Å²) in [5, 5.41) is 0. The van der Waals surface area contributed by atoms with Crippen LogP contribution in [0.25, 0.3) is 0 Å². The molecule has 6 heteroatoms. The van der Waals surface area contributed by atoms with Crippen molar-refractivity contribution in [3.8, 4) is 0 Å². The highest BCUT2D eigenvalue weighted by Gasteiger charge is 2.21. The van der Waals surface area contributed by atoms with Crippen LogP contribution in [0.2, 0.25) is 0 Å². The van der Waals surface area contributed by atoms with Crippen molar-refractivity contribution in [1.29, 1.82) is 0 Å². The third-order valence-electron chi connectivity index (χ3n) is 2.78. The van der Waals surface area contributed by atoms with Gasteiger partial charge in [-0.2, -0.15) is 0 Å². The Morgan fingerprint density at radius 2 is 1.85 bits per heavy atom. The molecule has 0 saturated carbocycles. The van der Waals surface area contributed by atoms with Gasteiger partial charge in [0.2, 0.25) is 0 Å². The average Bonchev–Trinajstić information content (AvgIpc) is 2.24. The van der Waals surface area contributed by atoms with Gasteiger partial charge in [0.25, 0.3) is 15.0 Å². The summed E-state index contributed by atoms with van der Waals surface area (Å²) in [6.07, 6.45) is 0. The van der Waals surface area contributed by atoms with Crippen LogP contribution in [0, 0.1) is 12.3 Å². The van der Waals surface area contributed by atoms with E-state index >= 15 is 0 Å². The van der Waals surface area contributed by atoms with E-state index in [2.05, 4.69) is 0 Å². The molecular formula is C14H20ClNO3S. The fourth-order valence-electron chi connectivity index (χ4n) is 1.97. The average molecular weight is 318 g/mol. The molecule has 0 aromatic heterocycles. The summed E-state index contributed by atoms with van der Waals surface area (Å²) >= 11 is 0. The summed E-state index contributed by atoms with van der Waals surface area (Å²) in [4.78, 5) is 13.9. The molecule has 0 radical (unpaired) electrons. The number of hydrogen-bond acceptors (Lipinski definition) is 3. The van der Waals surface area contributed by atoms with Crippen molar-refractivity contribution in [2.75, 3.05) is 13.6 Å². The van der Waals surface area contributed by atoms with Gasteiger partial charge in [0.15, 0.2) is 0 Å². The van der Waals surface area contributed by atoms with Crippen LogP contribution in [0.1, 0.15) is 36.7 Å². The van der Waals surface area contributed by atoms with E-state index in [1.54, 1.807) is 24.9 Å². The smallest absolute Gasteiger partial charge is 0.261 e. The highest BCUT2D eigenvalue weighted by molar-refractivity contribution is 8.13. The molecular weight excluding hydrogens is 298 g/mol. The molecule has 4 nitrogen and oxygen atoms in total. The topological polar surface area (TPSA) is 54.5 Å². The lowest BCUT2D eigenvalue weighted by molar-refractivity contribution is 0.0744. The van der Waals surface area contributed by atoms with Crippen molar-refractivity contribution < 1.29 is 13.2 Å². The summed E-state index contributed by atoms with van der Waals surface area (Å²) in [6.45, 7) is 8.43. The molecule has 0 bridgehead atoms. The third-order valence-corrected chi connectivity index (χ3v) is 4.13. The summed E-state index contributed by atoms with van der Waals surface area (Å²) in [7, 11) is 3.19. The maximum atomic E-state index is 12.4. The number of carbonyl (C=O) groups excluding carboxylic acids is 1. The van der Waals surface area contributed by atoms with Crippen molar-refractivity contribution in [3.63, 3.8) is 0 Å². The normalized spacial score (nSPS) is 12.3. The number of carbonyl (C=O) groups is 1. The Labute approximate surface area is 125 Å². The maximum absolute atomic E-state index is 12.4. The first-order valence-electron chi connectivity index (χ1n) is 6.22. The number of amides is 1. The monoisotopic (exact) mass is 317 g/mol. The Kier molecular flexibility index (Phi) is 4.87. The molecule has 0 aliphatic carbocycles. The van der Waals surface area contributed by atoms with E-state index < -0.39 is 9.05 Å². The molecule has 1 rings (SSSR count). The summed E-state index contributed by atoms with van der Waals surface area (Å²) < 4.78 is 22.7. The van der Waals surface area contributed by atoms with Gasteiger partial charge in [0, 0.05) is 29.8 Å². The van der Waals surface area contributed by atoms with E-state index in [-0.39, 0.29) is 16.2 Å². The van der Waals surface area contributed by atoms with E-state index in [0.29, 0.717) is 12.1 Å². The molecule has 0 spiro atoms. The molecule has 0 aliphatic rings. The molecule has 0 N–H and O–H groups in total. The lowest BCUT2D eigenvalue weighted by Crippen LogP contribution is -2.34. The SMILES string of the molecule is Cc1ccc(S(=O)(=O)Cl)cc1C(=O)N(C)CC(C)(C)C.